The Kier molecular flexibility index (Phi) is 6.79. The number of aryl methyl sites for hydroxylation is 1. The van der Waals surface area contributed by atoms with Gasteiger partial charge in [-0.05, 0) is 42.3 Å². The first kappa shape index (κ1) is 21.0. The van der Waals surface area contributed by atoms with Crippen LogP contribution in [0, 0.1) is 0 Å². The Morgan fingerprint density at radius 1 is 1.07 bits per heavy atom. The molecule has 8 heteroatoms. The molecule has 30 heavy (non-hydrogen) atoms. The highest BCUT2D eigenvalue weighted by Gasteiger charge is 2.12. The van der Waals surface area contributed by atoms with Gasteiger partial charge in [0, 0.05) is 12.6 Å². The number of carbonyl (C=O) groups is 1. The maximum Gasteiger partial charge on any atom is 0.330 e. The lowest BCUT2D eigenvalue weighted by Gasteiger charge is -2.12. The smallest absolute Gasteiger partial charge is 0.330 e. The molecule has 3 aromatic rings. The standard InChI is InChI=1S/C22H24N2O6/c1-27-18-13-15(14-19(28-2)21(18)29-3)9-10-20(25)30-12-6-11-24-17-8-5-4-7-16(17)23-22(24)26/h4-5,7-10,13-14H,6,11-12H2,1-3H3,(H,23,26)/b10-9+. The molecule has 1 aromatic heterocycles. The lowest BCUT2D eigenvalue weighted by atomic mass is 10.1. The van der Waals surface area contributed by atoms with E-state index in [2.05, 4.69) is 4.98 Å². The average Bonchev–Trinajstić information content (AvgIpc) is 3.09. The van der Waals surface area contributed by atoms with Crippen molar-refractivity contribution in [2.45, 2.75) is 13.0 Å². The summed E-state index contributed by atoms with van der Waals surface area (Å²) >= 11 is 0. The van der Waals surface area contributed by atoms with Gasteiger partial charge in [-0.25, -0.2) is 9.59 Å². The molecule has 0 aliphatic carbocycles. The monoisotopic (exact) mass is 412 g/mol. The van der Waals surface area contributed by atoms with E-state index in [1.54, 1.807) is 22.8 Å². The summed E-state index contributed by atoms with van der Waals surface area (Å²) in [5.74, 6) is 0.991. The van der Waals surface area contributed by atoms with Crippen LogP contribution in [0.3, 0.4) is 0 Å². The van der Waals surface area contributed by atoms with E-state index < -0.39 is 5.97 Å². The third-order valence-electron chi connectivity index (χ3n) is 4.55. The normalized spacial score (nSPS) is 11.0. The maximum absolute atomic E-state index is 12.0. The van der Waals surface area contributed by atoms with Gasteiger partial charge in [-0.15, -0.1) is 0 Å². The molecule has 0 spiro atoms. The van der Waals surface area contributed by atoms with Gasteiger partial charge in [0.1, 0.15) is 0 Å². The summed E-state index contributed by atoms with van der Waals surface area (Å²) in [7, 11) is 4.58. The molecule has 0 saturated heterocycles. The first-order chi connectivity index (χ1) is 14.6. The zero-order valence-corrected chi connectivity index (χ0v) is 17.1. The average molecular weight is 412 g/mol. The maximum atomic E-state index is 12.0. The van der Waals surface area contributed by atoms with E-state index in [0.29, 0.717) is 35.8 Å². The van der Waals surface area contributed by atoms with Gasteiger partial charge in [0.2, 0.25) is 5.75 Å². The second-order valence-electron chi connectivity index (χ2n) is 6.41. The molecule has 0 aliphatic rings. The third-order valence-corrected chi connectivity index (χ3v) is 4.55. The van der Waals surface area contributed by atoms with Crippen molar-refractivity contribution in [1.82, 2.24) is 9.55 Å². The molecule has 0 fully saturated rings. The molecule has 0 amide bonds. The van der Waals surface area contributed by atoms with E-state index in [4.69, 9.17) is 18.9 Å². The summed E-state index contributed by atoms with van der Waals surface area (Å²) in [5.41, 5.74) is 2.14. The molecule has 2 aromatic carbocycles. The number of rotatable bonds is 9. The lowest BCUT2D eigenvalue weighted by molar-refractivity contribution is -0.137. The van der Waals surface area contributed by atoms with Gasteiger partial charge in [0.25, 0.3) is 0 Å². The van der Waals surface area contributed by atoms with Crippen LogP contribution in [0.15, 0.2) is 47.3 Å². The second kappa shape index (κ2) is 9.69. The van der Waals surface area contributed by atoms with Crippen molar-refractivity contribution in [3.63, 3.8) is 0 Å². The number of benzene rings is 2. The van der Waals surface area contributed by atoms with Crippen LogP contribution in [-0.2, 0) is 16.1 Å². The van der Waals surface area contributed by atoms with Crippen LogP contribution in [0.2, 0.25) is 0 Å². The van der Waals surface area contributed by atoms with Crippen LogP contribution >= 0.6 is 0 Å². The fourth-order valence-electron chi connectivity index (χ4n) is 3.13. The first-order valence-corrected chi connectivity index (χ1v) is 9.39. The Labute approximate surface area is 173 Å². The number of aromatic nitrogens is 2. The molecular formula is C22H24N2O6. The number of para-hydroxylation sites is 2. The van der Waals surface area contributed by atoms with E-state index in [9.17, 15) is 9.59 Å². The number of nitrogens with zero attached hydrogens (tertiary/aromatic N) is 1. The van der Waals surface area contributed by atoms with Gasteiger partial charge in [-0.1, -0.05) is 12.1 Å². The molecule has 0 saturated carbocycles. The van der Waals surface area contributed by atoms with Crippen LogP contribution < -0.4 is 19.9 Å². The van der Waals surface area contributed by atoms with Crippen molar-refractivity contribution in [1.29, 1.82) is 0 Å². The third kappa shape index (κ3) is 4.65. The van der Waals surface area contributed by atoms with Crippen LogP contribution in [0.1, 0.15) is 12.0 Å². The Morgan fingerprint density at radius 3 is 2.43 bits per heavy atom. The van der Waals surface area contributed by atoms with Crippen molar-refractivity contribution in [2.75, 3.05) is 27.9 Å². The van der Waals surface area contributed by atoms with E-state index in [1.165, 1.54) is 27.4 Å². The summed E-state index contributed by atoms with van der Waals surface area (Å²) in [6.45, 7) is 0.650. The quantitative estimate of drug-likeness (QED) is 0.330. The van der Waals surface area contributed by atoms with Crippen molar-refractivity contribution >= 4 is 23.1 Å². The molecule has 1 N–H and O–H groups in total. The summed E-state index contributed by atoms with van der Waals surface area (Å²) in [6.07, 6.45) is 3.46. The number of imidazole rings is 1. The van der Waals surface area contributed by atoms with Crippen molar-refractivity contribution < 1.29 is 23.7 Å². The summed E-state index contributed by atoms with van der Waals surface area (Å²) in [5, 5.41) is 0. The molecule has 0 unspecified atom stereocenters. The Hall–Kier alpha value is -3.68. The second-order valence-corrected chi connectivity index (χ2v) is 6.41. The van der Waals surface area contributed by atoms with Crippen molar-refractivity contribution in [3.8, 4) is 17.2 Å². The lowest BCUT2D eigenvalue weighted by Crippen LogP contribution is -2.18. The molecule has 1 heterocycles. The van der Waals surface area contributed by atoms with Gasteiger partial charge in [0.15, 0.2) is 11.5 Å². The number of ether oxygens (including phenoxy) is 4. The number of methoxy groups -OCH3 is 3. The van der Waals surface area contributed by atoms with E-state index >= 15 is 0 Å². The molecule has 158 valence electrons. The minimum Gasteiger partial charge on any atom is -0.493 e. The fourth-order valence-corrected chi connectivity index (χ4v) is 3.13. The van der Waals surface area contributed by atoms with Crippen molar-refractivity contribution in [2.24, 2.45) is 0 Å². The molecular weight excluding hydrogens is 388 g/mol. The summed E-state index contributed by atoms with van der Waals surface area (Å²) in [4.78, 5) is 26.9. The SMILES string of the molecule is COc1cc(/C=C/C(=O)OCCCn2c(=O)[nH]c3ccccc32)cc(OC)c1OC. The highest BCUT2D eigenvalue weighted by molar-refractivity contribution is 5.87. The Morgan fingerprint density at radius 2 is 1.77 bits per heavy atom. The zero-order valence-electron chi connectivity index (χ0n) is 17.1. The van der Waals surface area contributed by atoms with Crippen LogP contribution in [0.25, 0.3) is 17.1 Å². The molecule has 0 radical (unpaired) electrons. The number of carbonyl (C=O) groups excluding carboxylic acids is 1. The minimum atomic E-state index is -0.477. The number of hydrogen-bond donors (Lipinski definition) is 1. The summed E-state index contributed by atoms with van der Waals surface area (Å²) in [6, 6.07) is 10.9. The zero-order chi connectivity index (χ0) is 21.5. The number of hydrogen-bond acceptors (Lipinski definition) is 6. The van der Waals surface area contributed by atoms with E-state index in [1.807, 2.05) is 24.3 Å². The highest BCUT2D eigenvalue weighted by atomic mass is 16.5. The molecule has 0 atom stereocenters. The van der Waals surface area contributed by atoms with Crippen LogP contribution in [-0.4, -0.2) is 43.5 Å². The van der Waals surface area contributed by atoms with Crippen molar-refractivity contribution in [3.05, 3.63) is 58.5 Å². The molecule has 3 rings (SSSR count). The van der Waals surface area contributed by atoms with Gasteiger partial charge in [0.05, 0.1) is 39.0 Å². The molecule has 8 nitrogen and oxygen atoms in total. The summed E-state index contributed by atoms with van der Waals surface area (Å²) < 4.78 is 22.7. The van der Waals surface area contributed by atoms with E-state index in [0.717, 1.165) is 11.0 Å². The largest absolute Gasteiger partial charge is 0.493 e. The number of esters is 1. The number of fused-ring (bicyclic) bond motifs is 1. The first-order valence-electron chi connectivity index (χ1n) is 9.39. The van der Waals surface area contributed by atoms with Gasteiger partial charge in [-0.2, -0.15) is 0 Å². The Balaban J connectivity index is 1.56. The minimum absolute atomic E-state index is 0.176. The van der Waals surface area contributed by atoms with Crippen LogP contribution in [0.5, 0.6) is 17.2 Å². The van der Waals surface area contributed by atoms with E-state index in [-0.39, 0.29) is 12.3 Å². The number of nitrogens with one attached hydrogen (secondary N) is 1. The topological polar surface area (TPSA) is 91.8 Å². The molecule has 0 bridgehead atoms. The predicted octanol–water partition coefficient (Wildman–Crippen LogP) is 3.00. The Bertz CT molecular complexity index is 1090. The fraction of sp³-hybridized carbons (Fsp3) is 0.273. The number of aromatic amines is 1. The van der Waals surface area contributed by atoms with Gasteiger partial charge >= 0.3 is 11.7 Å². The highest BCUT2D eigenvalue weighted by Crippen LogP contribution is 2.38. The molecule has 0 aliphatic heterocycles. The number of H-pyrrole nitrogens is 1. The van der Waals surface area contributed by atoms with Crippen LogP contribution in [0.4, 0.5) is 0 Å². The van der Waals surface area contributed by atoms with Gasteiger partial charge in [-0.3, -0.25) is 4.57 Å². The van der Waals surface area contributed by atoms with Gasteiger partial charge < -0.3 is 23.9 Å². The predicted molar refractivity (Wildman–Crippen MR) is 113 cm³/mol.